The van der Waals surface area contributed by atoms with Crippen LogP contribution in [0.4, 0.5) is 0 Å². The molecule has 0 radical (unpaired) electrons. The smallest absolute Gasteiger partial charge is 0.257 e. The molecule has 1 amide bonds. The molecule has 122 valence electrons. The summed E-state index contributed by atoms with van der Waals surface area (Å²) in [6.07, 6.45) is 1.41. The minimum atomic E-state index is -0.427. The van der Waals surface area contributed by atoms with Gasteiger partial charge in [-0.3, -0.25) is 9.59 Å². The van der Waals surface area contributed by atoms with Crippen LogP contribution in [0.15, 0.2) is 53.5 Å². The first kappa shape index (κ1) is 16.1. The van der Waals surface area contributed by atoms with Crippen molar-refractivity contribution >= 4 is 28.4 Å². The molecule has 5 nitrogen and oxygen atoms in total. The van der Waals surface area contributed by atoms with Crippen LogP contribution in [0.1, 0.15) is 15.9 Å². The highest BCUT2D eigenvalue weighted by Gasteiger charge is 2.13. The maximum atomic E-state index is 12.4. The number of benzene rings is 2. The molecule has 3 rings (SSSR count). The number of halogens is 1. The van der Waals surface area contributed by atoms with E-state index in [-0.39, 0.29) is 11.0 Å². The lowest BCUT2D eigenvalue weighted by Gasteiger charge is -2.07. The van der Waals surface area contributed by atoms with Gasteiger partial charge < -0.3 is 15.0 Å². The summed E-state index contributed by atoms with van der Waals surface area (Å²) in [6.45, 7) is 0.320. The molecule has 2 aromatic carbocycles. The third-order valence-electron chi connectivity index (χ3n) is 3.70. The Morgan fingerprint density at radius 2 is 1.96 bits per heavy atom. The highest BCUT2D eigenvalue weighted by Crippen LogP contribution is 2.15. The Bertz CT molecular complexity index is 949. The number of nitrogens with one attached hydrogen (secondary N) is 2. The fraction of sp³-hybridized carbons (Fsp3) is 0.111. The van der Waals surface area contributed by atoms with Crippen molar-refractivity contribution in [1.29, 1.82) is 0 Å². The van der Waals surface area contributed by atoms with Crippen LogP contribution in [0.2, 0.25) is 5.02 Å². The zero-order chi connectivity index (χ0) is 17.1. The van der Waals surface area contributed by atoms with E-state index in [0.717, 1.165) is 11.3 Å². The summed E-state index contributed by atoms with van der Waals surface area (Å²) < 4.78 is 5.09. The lowest BCUT2D eigenvalue weighted by atomic mass is 10.1. The van der Waals surface area contributed by atoms with Gasteiger partial charge in [0.15, 0.2) is 0 Å². The van der Waals surface area contributed by atoms with Crippen molar-refractivity contribution in [3.05, 3.63) is 75.0 Å². The molecule has 2 N–H and O–H groups in total. The molecule has 0 saturated carbocycles. The van der Waals surface area contributed by atoms with E-state index in [1.54, 1.807) is 25.3 Å². The number of aromatic nitrogens is 1. The first-order valence-electron chi connectivity index (χ1n) is 7.30. The van der Waals surface area contributed by atoms with Crippen molar-refractivity contribution in [2.45, 2.75) is 6.54 Å². The van der Waals surface area contributed by atoms with E-state index < -0.39 is 5.91 Å². The molecule has 3 aromatic rings. The number of amides is 1. The second-order valence-corrected chi connectivity index (χ2v) is 5.69. The van der Waals surface area contributed by atoms with Gasteiger partial charge in [-0.25, -0.2) is 0 Å². The molecule has 0 saturated heterocycles. The lowest BCUT2D eigenvalue weighted by Crippen LogP contribution is -2.28. The molecule has 1 aromatic heterocycles. The number of ether oxygens (including phenoxy) is 1. The van der Waals surface area contributed by atoms with E-state index in [2.05, 4.69) is 10.3 Å². The van der Waals surface area contributed by atoms with E-state index in [1.165, 1.54) is 6.20 Å². The molecule has 0 fully saturated rings. The summed E-state index contributed by atoms with van der Waals surface area (Å²) in [4.78, 5) is 27.7. The summed E-state index contributed by atoms with van der Waals surface area (Å²) in [7, 11) is 1.59. The van der Waals surface area contributed by atoms with E-state index in [0.29, 0.717) is 22.5 Å². The molecular formula is C18H15ClN2O3. The maximum absolute atomic E-state index is 12.4. The fourth-order valence-electron chi connectivity index (χ4n) is 2.38. The van der Waals surface area contributed by atoms with Crippen molar-refractivity contribution in [3.8, 4) is 5.75 Å². The largest absolute Gasteiger partial charge is 0.497 e. The minimum Gasteiger partial charge on any atom is -0.497 e. The second kappa shape index (κ2) is 6.76. The van der Waals surface area contributed by atoms with Crippen LogP contribution in [-0.4, -0.2) is 18.0 Å². The van der Waals surface area contributed by atoms with Gasteiger partial charge in [-0.1, -0.05) is 23.7 Å². The minimum absolute atomic E-state index is 0.0679. The van der Waals surface area contributed by atoms with E-state index >= 15 is 0 Å². The van der Waals surface area contributed by atoms with Crippen molar-refractivity contribution < 1.29 is 9.53 Å². The van der Waals surface area contributed by atoms with Gasteiger partial charge in [0, 0.05) is 23.2 Å². The molecule has 0 unspecified atom stereocenters. The van der Waals surface area contributed by atoms with Gasteiger partial charge >= 0.3 is 0 Å². The summed E-state index contributed by atoms with van der Waals surface area (Å²) in [6, 6.07) is 12.2. The number of pyridine rings is 1. The third-order valence-corrected chi connectivity index (χ3v) is 3.93. The van der Waals surface area contributed by atoms with Gasteiger partial charge in [0.05, 0.1) is 12.6 Å². The van der Waals surface area contributed by atoms with Crippen LogP contribution in [0.5, 0.6) is 5.75 Å². The SMILES string of the molecule is COc1ccc(CNC(=O)c2c[nH]c3cc(Cl)ccc3c2=O)cc1. The zero-order valence-electron chi connectivity index (χ0n) is 12.9. The molecular weight excluding hydrogens is 328 g/mol. The van der Waals surface area contributed by atoms with Crippen LogP contribution < -0.4 is 15.5 Å². The number of H-pyrrole nitrogens is 1. The van der Waals surface area contributed by atoms with E-state index in [1.807, 2.05) is 24.3 Å². The predicted molar refractivity (Wildman–Crippen MR) is 93.7 cm³/mol. The molecule has 0 aliphatic carbocycles. The van der Waals surface area contributed by atoms with Gasteiger partial charge in [0.25, 0.3) is 5.91 Å². The standard InChI is InChI=1S/C18H15ClN2O3/c1-24-13-5-2-11(3-6-13)9-21-18(23)15-10-20-16-8-12(19)4-7-14(16)17(15)22/h2-8,10H,9H2,1H3,(H,20,22)(H,21,23). The molecule has 0 spiro atoms. The summed E-state index contributed by atoms with van der Waals surface area (Å²) in [5.74, 6) is 0.318. The van der Waals surface area contributed by atoms with Crippen LogP contribution in [-0.2, 0) is 6.54 Å². The molecule has 0 aliphatic heterocycles. The summed E-state index contributed by atoms with van der Waals surface area (Å²) in [5, 5.41) is 3.69. The number of hydrogen-bond donors (Lipinski definition) is 2. The Morgan fingerprint density at radius 3 is 2.67 bits per heavy atom. The van der Waals surface area contributed by atoms with Crippen LogP contribution in [0.3, 0.4) is 0 Å². The Kier molecular flexibility index (Phi) is 4.53. The average molecular weight is 343 g/mol. The Balaban J connectivity index is 1.79. The molecule has 0 aliphatic rings. The van der Waals surface area contributed by atoms with Crippen LogP contribution in [0, 0.1) is 0 Å². The van der Waals surface area contributed by atoms with Crippen molar-refractivity contribution in [2.24, 2.45) is 0 Å². The van der Waals surface area contributed by atoms with Crippen molar-refractivity contribution in [1.82, 2.24) is 10.3 Å². The average Bonchev–Trinajstić information content (AvgIpc) is 2.60. The number of hydrogen-bond acceptors (Lipinski definition) is 3. The summed E-state index contributed by atoms with van der Waals surface area (Å²) in [5.41, 5.74) is 1.25. The number of fused-ring (bicyclic) bond motifs is 1. The van der Waals surface area contributed by atoms with Gasteiger partial charge in [-0.15, -0.1) is 0 Å². The number of carbonyl (C=O) groups excluding carboxylic acids is 1. The summed E-state index contributed by atoms with van der Waals surface area (Å²) >= 11 is 5.90. The zero-order valence-corrected chi connectivity index (χ0v) is 13.7. The first-order chi connectivity index (χ1) is 11.6. The van der Waals surface area contributed by atoms with Gasteiger partial charge in [0.2, 0.25) is 5.43 Å². The molecule has 6 heteroatoms. The molecule has 24 heavy (non-hydrogen) atoms. The number of methoxy groups -OCH3 is 1. The third kappa shape index (κ3) is 3.26. The van der Waals surface area contributed by atoms with Crippen LogP contribution >= 0.6 is 11.6 Å². The Hall–Kier alpha value is -2.79. The molecule has 0 bridgehead atoms. The Morgan fingerprint density at radius 1 is 1.21 bits per heavy atom. The monoisotopic (exact) mass is 342 g/mol. The second-order valence-electron chi connectivity index (χ2n) is 5.25. The number of rotatable bonds is 4. The van der Waals surface area contributed by atoms with Gasteiger partial charge in [-0.2, -0.15) is 0 Å². The van der Waals surface area contributed by atoms with Crippen molar-refractivity contribution in [2.75, 3.05) is 7.11 Å². The first-order valence-corrected chi connectivity index (χ1v) is 7.68. The normalized spacial score (nSPS) is 10.6. The van der Waals surface area contributed by atoms with Gasteiger partial charge in [0.1, 0.15) is 11.3 Å². The topological polar surface area (TPSA) is 71.2 Å². The maximum Gasteiger partial charge on any atom is 0.257 e. The molecule has 0 atom stereocenters. The lowest BCUT2D eigenvalue weighted by molar-refractivity contribution is 0.0949. The highest BCUT2D eigenvalue weighted by atomic mass is 35.5. The van der Waals surface area contributed by atoms with Crippen LogP contribution in [0.25, 0.3) is 10.9 Å². The quantitative estimate of drug-likeness (QED) is 0.765. The van der Waals surface area contributed by atoms with Gasteiger partial charge in [-0.05, 0) is 35.9 Å². The fourth-order valence-corrected chi connectivity index (χ4v) is 2.56. The number of aromatic amines is 1. The number of carbonyl (C=O) groups is 1. The Labute approximate surface area is 143 Å². The van der Waals surface area contributed by atoms with Crippen molar-refractivity contribution in [3.63, 3.8) is 0 Å². The van der Waals surface area contributed by atoms with E-state index in [9.17, 15) is 9.59 Å². The molecule has 1 heterocycles. The van der Waals surface area contributed by atoms with E-state index in [4.69, 9.17) is 16.3 Å². The highest BCUT2D eigenvalue weighted by molar-refractivity contribution is 6.31. The predicted octanol–water partition coefficient (Wildman–Crippen LogP) is 3.12.